The van der Waals surface area contributed by atoms with Gasteiger partial charge in [-0.15, -0.1) is 0 Å². The zero-order valence-electron chi connectivity index (χ0n) is 36.5. The molecule has 0 bridgehead atoms. The van der Waals surface area contributed by atoms with E-state index in [0.29, 0.717) is 0 Å². The summed E-state index contributed by atoms with van der Waals surface area (Å²) in [4.78, 5) is 10.4. The first kappa shape index (κ1) is 38.4. The SMILES string of the molecule is CC(C)(C)c1ccc2c3cccc(-c4ccc(-c5nc6ccccc6n5-c5ccccc5)cc4)c3n(-c3ccccc3)c2c1-c1ccc(-c2nc3ccccc3n2-c2ccccc2)cc1. The normalized spacial score (nSPS) is 11.9. The minimum Gasteiger partial charge on any atom is -0.308 e. The second-order valence-corrected chi connectivity index (χ2v) is 17.9. The van der Waals surface area contributed by atoms with Gasteiger partial charge in [-0.25, -0.2) is 9.97 Å². The van der Waals surface area contributed by atoms with Gasteiger partial charge in [-0.3, -0.25) is 9.13 Å². The van der Waals surface area contributed by atoms with Gasteiger partial charge in [0.1, 0.15) is 11.6 Å². The molecule has 12 rings (SSSR count). The van der Waals surface area contributed by atoms with Crippen molar-refractivity contribution in [2.24, 2.45) is 0 Å². The predicted octanol–water partition coefficient (Wildman–Crippen LogP) is 15.4. The van der Waals surface area contributed by atoms with Gasteiger partial charge in [-0.2, -0.15) is 0 Å². The average Bonchev–Trinajstić information content (AvgIpc) is 4.05. The fraction of sp³-hybridized carbons (Fsp3) is 0.0667. The predicted molar refractivity (Wildman–Crippen MR) is 270 cm³/mol. The molecule has 310 valence electrons. The zero-order valence-corrected chi connectivity index (χ0v) is 36.5. The molecule has 0 aliphatic carbocycles. The van der Waals surface area contributed by atoms with E-state index in [1.54, 1.807) is 0 Å². The summed E-state index contributed by atoms with van der Waals surface area (Å²) in [6.07, 6.45) is 0. The third-order valence-electron chi connectivity index (χ3n) is 12.8. The lowest BCUT2D eigenvalue weighted by Gasteiger charge is -2.25. The van der Waals surface area contributed by atoms with Crippen LogP contribution in [0.1, 0.15) is 26.3 Å². The summed E-state index contributed by atoms with van der Waals surface area (Å²) in [6, 6.07) is 78.2. The number of benzene rings is 9. The molecule has 65 heavy (non-hydrogen) atoms. The molecule has 9 aromatic carbocycles. The third-order valence-corrected chi connectivity index (χ3v) is 12.8. The molecule has 12 aromatic rings. The molecular weight excluding hydrogens is 791 g/mol. The number of rotatable bonds is 7. The number of imidazole rings is 2. The lowest BCUT2D eigenvalue weighted by Crippen LogP contribution is -2.13. The maximum Gasteiger partial charge on any atom is 0.145 e. The van der Waals surface area contributed by atoms with E-state index in [9.17, 15) is 0 Å². The van der Waals surface area contributed by atoms with Gasteiger partial charge in [0, 0.05) is 50.1 Å². The van der Waals surface area contributed by atoms with Gasteiger partial charge in [0.05, 0.1) is 33.1 Å². The Bertz CT molecular complexity index is 3700. The van der Waals surface area contributed by atoms with Gasteiger partial charge in [-0.05, 0) is 82.8 Å². The van der Waals surface area contributed by atoms with Crippen LogP contribution in [0.4, 0.5) is 0 Å². The number of hydrogen-bond donors (Lipinski definition) is 0. The molecule has 0 atom stereocenters. The summed E-state index contributed by atoms with van der Waals surface area (Å²) < 4.78 is 7.04. The molecule has 0 spiro atoms. The summed E-state index contributed by atoms with van der Waals surface area (Å²) >= 11 is 0. The molecule has 3 aromatic heterocycles. The fourth-order valence-electron chi connectivity index (χ4n) is 9.84. The Morgan fingerprint density at radius 3 is 1.28 bits per heavy atom. The molecule has 0 saturated heterocycles. The Hall–Kier alpha value is -8.28. The van der Waals surface area contributed by atoms with Crippen molar-refractivity contribution in [2.45, 2.75) is 26.2 Å². The zero-order chi connectivity index (χ0) is 43.6. The van der Waals surface area contributed by atoms with Crippen LogP contribution >= 0.6 is 0 Å². The lowest BCUT2D eigenvalue weighted by molar-refractivity contribution is 0.592. The second kappa shape index (κ2) is 15.2. The van der Waals surface area contributed by atoms with Crippen LogP contribution in [0.5, 0.6) is 0 Å². The van der Waals surface area contributed by atoms with E-state index in [-0.39, 0.29) is 5.41 Å². The van der Waals surface area contributed by atoms with Crippen molar-refractivity contribution >= 4 is 43.9 Å². The van der Waals surface area contributed by atoms with E-state index in [1.807, 2.05) is 0 Å². The molecule has 5 nitrogen and oxygen atoms in total. The van der Waals surface area contributed by atoms with E-state index in [4.69, 9.17) is 9.97 Å². The molecular formula is C60H45N5. The van der Waals surface area contributed by atoms with Crippen LogP contribution in [-0.4, -0.2) is 23.7 Å². The van der Waals surface area contributed by atoms with Crippen LogP contribution in [0.15, 0.2) is 218 Å². The summed E-state index contributed by atoms with van der Waals surface area (Å²) in [5.74, 6) is 1.84. The molecule has 3 heterocycles. The van der Waals surface area contributed by atoms with Crippen molar-refractivity contribution in [3.63, 3.8) is 0 Å². The van der Waals surface area contributed by atoms with Crippen LogP contribution in [0, 0.1) is 0 Å². The van der Waals surface area contributed by atoms with Crippen LogP contribution in [-0.2, 0) is 5.41 Å². The fourth-order valence-corrected chi connectivity index (χ4v) is 9.84. The minimum absolute atomic E-state index is 0.142. The van der Waals surface area contributed by atoms with Crippen molar-refractivity contribution in [1.82, 2.24) is 23.7 Å². The van der Waals surface area contributed by atoms with Crippen molar-refractivity contribution in [2.75, 3.05) is 0 Å². The largest absolute Gasteiger partial charge is 0.308 e. The molecule has 0 unspecified atom stereocenters. The number of fused-ring (bicyclic) bond motifs is 5. The summed E-state index contributed by atoms with van der Waals surface area (Å²) in [6.45, 7) is 6.97. The van der Waals surface area contributed by atoms with E-state index in [0.717, 1.165) is 67.5 Å². The summed E-state index contributed by atoms with van der Waals surface area (Å²) in [5.41, 5.74) is 17.8. The van der Waals surface area contributed by atoms with Crippen molar-refractivity contribution in [1.29, 1.82) is 0 Å². The van der Waals surface area contributed by atoms with Crippen molar-refractivity contribution < 1.29 is 0 Å². The standard InChI is InChI=1S/C60H45N5/c1-60(2,3)50-39-38-49-48-25-17-24-47(40-30-34-42(35-31-40)58-61-51-26-13-15-28-53(51)63(58)44-18-7-4-8-19-44)56(48)65(46-22-11-6-12-23-46)57(49)55(50)41-32-36-43(37-33-41)59-62-52-27-14-16-29-54(52)64(59)45-20-9-5-10-21-45/h4-39H,1-3H3. The van der Waals surface area contributed by atoms with E-state index in [1.165, 1.54) is 44.1 Å². The number of nitrogens with zero attached hydrogens (tertiary/aromatic N) is 5. The molecule has 0 amide bonds. The van der Waals surface area contributed by atoms with Crippen molar-refractivity contribution in [3.05, 3.63) is 224 Å². The number of aromatic nitrogens is 5. The van der Waals surface area contributed by atoms with E-state index in [2.05, 4.69) is 253 Å². The maximum absolute atomic E-state index is 5.19. The Morgan fingerprint density at radius 1 is 0.338 bits per heavy atom. The van der Waals surface area contributed by atoms with Crippen LogP contribution in [0.3, 0.4) is 0 Å². The van der Waals surface area contributed by atoms with E-state index < -0.39 is 0 Å². The summed E-state index contributed by atoms with van der Waals surface area (Å²) in [7, 11) is 0. The highest BCUT2D eigenvalue weighted by molar-refractivity contribution is 6.18. The number of hydrogen-bond acceptors (Lipinski definition) is 2. The van der Waals surface area contributed by atoms with Crippen LogP contribution in [0.25, 0.3) is 106 Å². The highest BCUT2D eigenvalue weighted by Gasteiger charge is 2.27. The summed E-state index contributed by atoms with van der Waals surface area (Å²) in [5, 5.41) is 2.43. The Labute approximate surface area is 378 Å². The van der Waals surface area contributed by atoms with Gasteiger partial charge in [-0.1, -0.05) is 178 Å². The van der Waals surface area contributed by atoms with Crippen LogP contribution in [0.2, 0.25) is 0 Å². The average molecular weight is 836 g/mol. The van der Waals surface area contributed by atoms with Gasteiger partial charge < -0.3 is 4.57 Å². The molecule has 0 fully saturated rings. The topological polar surface area (TPSA) is 40.6 Å². The molecule has 0 radical (unpaired) electrons. The highest BCUT2D eigenvalue weighted by Crippen LogP contribution is 2.46. The first-order valence-electron chi connectivity index (χ1n) is 22.3. The smallest absolute Gasteiger partial charge is 0.145 e. The minimum atomic E-state index is -0.142. The Balaban J connectivity index is 1.05. The Kier molecular flexibility index (Phi) is 8.99. The van der Waals surface area contributed by atoms with Gasteiger partial charge in [0.25, 0.3) is 0 Å². The second-order valence-electron chi connectivity index (χ2n) is 17.9. The molecule has 0 saturated carbocycles. The number of para-hydroxylation sites is 8. The monoisotopic (exact) mass is 835 g/mol. The van der Waals surface area contributed by atoms with Crippen molar-refractivity contribution in [3.8, 4) is 62.1 Å². The van der Waals surface area contributed by atoms with Gasteiger partial charge in [0.2, 0.25) is 0 Å². The first-order chi connectivity index (χ1) is 31.9. The Morgan fingerprint density at radius 2 is 0.769 bits per heavy atom. The van der Waals surface area contributed by atoms with Gasteiger partial charge in [0.15, 0.2) is 0 Å². The van der Waals surface area contributed by atoms with Gasteiger partial charge >= 0.3 is 0 Å². The molecule has 0 N–H and O–H groups in total. The molecule has 0 aliphatic rings. The quantitative estimate of drug-likeness (QED) is 0.160. The maximum atomic E-state index is 5.19. The molecule has 0 aliphatic heterocycles. The third kappa shape index (κ3) is 6.38. The first-order valence-corrected chi connectivity index (χ1v) is 22.3. The van der Waals surface area contributed by atoms with E-state index >= 15 is 0 Å². The highest BCUT2D eigenvalue weighted by atomic mass is 15.1. The lowest BCUT2D eigenvalue weighted by atomic mass is 9.80. The van der Waals surface area contributed by atoms with Crippen LogP contribution < -0.4 is 0 Å². The molecule has 5 heteroatoms.